The molecule has 1 aliphatic carbocycles. The fraction of sp³-hybridized carbons (Fsp3) is 0.750. The standard InChI is InChI=1S/C12H21N5O2/c1-4-19-12-15-10(13-2)14-11(16-12)17(3)7-8-5-9(18)6-8/h8-9,18H,4-7H2,1-3H3,(H,13,14,15,16). The number of ether oxygens (including phenoxy) is 1. The van der Waals surface area contributed by atoms with Gasteiger partial charge in [0.15, 0.2) is 0 Å². The summed E-state index contributed by atoms with van der Waals surface area (Å²) in [7, 11) is 3.70. The Morgan fingerprint density at radius 3 is 2.68 bits per heavy atom. The van der Waals surface area contributed by atoms with Gasteiger partial charge in [0.1, 0.15) is 0 Å². The first kappa shape index (κ1) is 13.8. The second-order valence-electron chi connectivity index (χ2n) is 4.80. The van der Waals surface area contributed by atoms with Crippen LogP contribution in [0.5, 0.6) is 6.01 Å². The molecule has 0 bridgehead atoms. The van der Waals surface area contributed by atoms with Crippen molar-refractivity contribution in [2.24, 2.45) is 5.92 Å². The van der Waals surface area contributed by atoms with Crippen molar-refractivity contribution in [3.8, 4) is 6.01 Å². The van der Waals surface area contributed by atoms with Gasteiger partial charge in [0.25, 0.3) is 0 Å². The van der Waals surface area contributed by atoms with Crippen LogP contribution in [-0.4, -0.2) is 53.4 Å². The van der Waals surface area contributed by atoms with Crippen molar-refractivity contribution < 1.29 is 9.84 Å². The molecule has 1 heterocycles. The second-order valence-corrected chi connectivity index (χ2v) is 4.80. The summed E-state index contributed by atoms with van der Waals surface area (Å²) < 4.78 is 5.33. The molecule has 19 heavy (non-hydrogen) atoms. The molecule has 106 valence electrons. The van der Waals surface area contributed by atoms with Gasteiger partial charge in [-0.25, -0.2) is 0 Å². The zero-order valence-corrected chi connectivity index (χ0v) is 11.6. The maximum Gasteiger partial charge on any atom is 0.323 e. The highest BCUT2D eigenvalue weighted by Crippen LogP contribution is 2.28. The molecule has 2 rings (SSSR count). The summed E-state index contributed by atoms with van der Waals surface area (Å²) >= 11 is 0. The molecule has 7 nitrogen and oxygen atoms in total. The Morgan fingerprint density at radius 2 is 2.11 bits per heavy atom. The van der Waals surface area contributed by atoms with Crippen LogP contribution in [0.4, 0.5) is 11.9 Å². The smallest absolute Gasteiger partial charge is 0.323 e. The van der Waals surface area contributed by atoms with Gasteiger partial charge in [-0.3, -0.25) is 0 Å². The minimum absolute atomic E-state index is 0.136. The van der Waals surface area contributed by atoms with E-state index in [2.05, 4.69) is 20.3 Å². The molecule has 1 saturated carbocycles. The topological polar surface area (TPSA) is 83.4 Å². The van der Waals surface area contributed by atoms with E-state index in [0.717, 1.165) is 19.4 Å². The highest BCUT2D eigenvalue weighted by Gasteiger charge is 2.28. The van der Waals surface area contributed by atoms with Crippen LogP contribution in [0, 0.1) is 5.92 Å². The van der Waals surface area contributed by atoms with Crippen LogP contribution in [0.25, 0.3) is 0 Å². The number of aromatic nitrogens is 3. The Kier molecular flexibility index (Phi) is 4.36. The van der Waals surface area contributed by atoms with Gasteiger partial charge >= 0.3 is 6.01 Å². The number of hydrogen-bond acceptors (Lipinski definition) is 7. The number of nitrogens with zero attached hydrogens (tertiary/aromatic N) is 4. The lowest BCUT2D eigenvalue weighted by molar-refractivity contribution is 0.0463. The van der Waals surface area contributed by atoms with Crippen LogP contribution in [0.15, 0.2) is 0 Å². The maximum atomic E-state index is 9.31. The first-order valence-corrected chi connectivity index (χ1v) is 6.58. The highest BCUT2D eigenvalue weighted by atomic mass is 16.5. The van der Waals surface area contributed by atoms with E-state index in [1.807, 2.05) is 18.9 Å². The average molecular weight is 267 g/mol. The molecule has 0 amide bonds. The number of nitrogens with one attached hydrogen (secondary N) is 1. The number of anilines is 2. The maximum absolute atomic E-state index is 9.31. The molecule has 1 aliphatic rings. The zero-order valence-electron chi connectivity index (χ0n) is 11.6. The lowest BCUT2D eigenvalue weighted by Gasteiger charge is -2.34. The Balaban J connectivity index is 2.06. The van der Waals surface area contributed by atoms with E-state index in [-0.39, 0.29) is 6.10 Å². The van der Waals surface area contributed by atoms with E-state index < -0.39 is 0 Å². The molecule has 0 aromatic carbocycles. The van der Waals surface area contributed by atoms with Crippen molar-refractivity contribution in [2.45, 2.75) is 25.9 Å². The summed E-state index contributed by atoms with van der Waals surface area (Å²) in [4.78, 5) is 14.7. The lowest BCUT2D eigenvalue weighted by atomic mass is 9.82. The summed E-state index contributed by atoms with van der Waals surface area (Å²) in [6, 6.07) is 0.331. The minimum atomic E-state index is -0.136. The van der Waals surface area contributed by atoms with Crippen molar-refractivity contribution in [2.75, 3.05) is 37.5 Å². The first-order chi connectivity index (χ1) is 9.12. The third-order valence-corrected chi connectivity index (χ3v) is 3.18. The summed E-state index contributed by atoms with van der Waals surface area (Å²) in [6.45, 7) is 3.24. The summed E-state index contributed by atoms with van der Waals surface area (Å²) in [5, 5.41) is 12.2. The molecule has 1 aromatic heterocycles. The fourth-order valence-corrected chi connectivity index (χ4v) is 2.14. The lowest BCUT2D eigenvalue weighted by Crippen LogP contribution is -2.37. The molecule has 0 atom stereocenters. The number of rotatable bonds is 6. The Hall–Kier alpha value is -1.63. The predicted molar refractivity (Wildman–Crippen MR) is 72.5 cm³/mol. The van der Waals surface area contributed by atoms with Crippen molar-refractivity contribution in [1.82, 2.24) is 15.0 Å². The zero-order chi connectivity index (χ0) is 13.8. The Labute approximate surface area is 113 Å². The van der Waals surface area contributed by atoms with Crippen molar-refractivity contribution >= 4 is 11.9 Å². The summed E-state index contributed by atoms with van der Waals surface area (Å²) in [5.74, 6) is 1.59. The highest BCUT2D eigenvalue weighted by molar-refractivity contribution is 5.37. The number of hydrogen-bond donors (Lipinski definition) is 2. The van der Waals surface area contributed by atoms with Gasteiger partial charge in [-0.2, -0.15) is 15.0 Å². The minimum Gasteiger partial charge on any atom is -0.464 e. The molecule has 0 unspecified atom stereocenters. The third kappa shape index (κ3) is 3.44. The molecule has 7 heteroatoms. The van der Waals surface area contributed by atoms with Crippen LogP contribution >= 0.6 is 0 Å². The molecule has 0 spiro atoms. The molecule has 1 fully saturated rings. The Morgan fingerprint density at radius 1 is 1.37 bits per heavy atom. The van der Waals surface area contributed by atoms with E-state index in [1.54, 1.807) is 7.05 Å². The SMILES string of the molecule is CCOc1nc(NC)nc(N(C)CC2CC(O)C2)n1. The quantitative estimate of drug-likeness (QED) is 0.777. The second kappa shape index (κ2) is 6.01. The molecular formula is C12H21N5O2. The van der Waals surface area contributed by atoms with Gasteiger partial charge in [0, 0.05) is 20.6 Å². The molecule has 1 aromatic rings. The van der Waals surface area contributed by atoms with Gasteiger partial charge in [0.2, 0.25) is 11.9 Å². The number of aliphatic hydroxyl groups is 1. The van der Waals surface area contributed by atoms with Gasteiger partial charge in [-0.1, -0.05) is 0 Å². The molecule has 0 radical (unpaired) electrons. The van der Waals surface area contributed by atoms with Crippen LogP contribution in [0.2, 0.25) is 0 Å². The number of aliphatic hydroxyl groups excluding tert-OH is 1. The average Bonchev–Trinajstić information content (AvgIpc) is 2.36. The third-order valence-electron chi connectivity index (χ3n) is 3.18. The predicted octanol–water partition coefficient (Wildman–Crippen LogP) is 0.519. The molecule has 0 aliphatic heterocycles. The van der Waals surface area contributed by atoms with Crippen LogP contribution in [0.1, 0.15) is 19.8 Å². The van der Waals surface area contributed by atoms with E-state index >= 15 is 0 Å². The van der Waals surface area contributed by atoms with Gasteiger partial charge in [-0.15, -0.1) is 0 Å². The Bertz CT molecular complexity index is 423. The monoisotopic (exact) mass is 267 g/mol. The van der Waals surface area contributed by atoms with Crippen molar-refractivity contribution in [3.05, 3.63) is 0 Å². The van der Waals surface area contributed by atoms with Gasteiger partial charge in [-0.05, 0) is 25.7 Å². The molecular weight excluding hydrogens is 246 g/mol. The summed E-state index contributed by atoms with van der Waals surface area (Å²) in [6.07, 6.45) is 1.57. The first-order valence-electron chi connectivity index (χ1n) is 6.58. The van der Waals surface area contributed by atoms with Gasteiger partial charge < -0.3 is 20.1 Å². The molecule has 0 saturated heterocycles. The van der Waals surface area contributed by atoms with E-state index in [1.165, 1.54) is 0 Å². The van der Waals surface area contributed by atoms with Gasteiger partial charge in [0.05, 0.1) is 12.7 Å². The normalized spacial score (nSPS) is 21.7. The van der Waals surface area contributed by atoms with E-state index in [4.69, 9.17) is 4.74 Å². The van der Waals surface area contributed by atoms with Crippen LogP contribution in [0.3, 0.4) is 0 Å². The van der Waals surface area contributed by atoms with Crippen LogP contribution < -0.4 is 15.0 Å². The van der Waals surface area contributed by atoms with Crippen molar-refractivity contribution in [3.63, 3.8) is 0 Å². The van der Waals surface area contributed by atoms with E-state index in [9.17, 15) is 5.11 Å². The molecule has 2 N–H and O–H groups in total. The largest absolute Gasteiger partial charge is 0.464 e. The van der Waals surface area contributed by atoms with E-state index in [0.29, 0.717) is 30.4 Å². The van der Waals surface area contributed by atoms with Crippen LogP contribution in [-0.2, 0) is 0 Å². The summed E-state index contributed by atoms with van der Waals surface area (Å²) in [5.41, 5.74) is 0. The van der Waals surface area contributed by atoms with Crippen molar-refractivity contribution in [1.29, 1.82) is 0 Å². The fourth-order valence-electron chi connectivity index (χ4n) is 2.14.